The Morgan fingerprint density at radius 1 is 1.30 bits per heavy atom. The van der Waals surface area contributed by atoms with Gasteiger partial charge in [0.15, 0.2) is 11.0 Å². The summed E-state index contributed by atoms with van der Waals surface area (Å²) in [5.41, 5.74) is 2.10. The zero-order chi connectivity index (χ0) is 17.0. The van der Waals surface area contributed by atoms with E-state index in [2.05, 4.69) is 20.8 Å². The lowest BCUT2D eigenvalue weighted by Crippen LogP contribution is -2.41. The van der Waals surface area contributed by atoms with Gasteiger partial charge >= 0.3 is 6.03 Å². The Kier molecular flexibility index (Phi) is 5.38. The number of aryl methyl sites for hydroxylation is 1. The number of carbonyl (C=O) groups excluding carboxylic acids is 2. The zero-order valence-electron chi connectivity index (χ0n) is 13.5. The standard InChI is InChI=1S/C15H19N5O2S/c1-9-6-5-7-11(8-9)12-18-19-15(20(12)4)23-10(2)13(21)17-14(22)16-3/h5-8,10H,1-4H3,(H2,16,17,21,22). The maximum atomic E-state index is 11.9. The van der Waals surface area contributed by atoms with Crippen molar-refractivity contribution in [1.29, 1.82) is 0 Å². The third kappa shape index (κ3) is 4.10. The molecule has 0 saturated heterocycles. The van der Waals surface area contributed by atoms with Crippen LogP contribution >= 0.6 is 11.8 Å². The van der Waals surface area contributed by atoms with Crippen molar-refractivity contribution in [3.8, 4) is 11.4 Å². The molecule has 3 amide bonds. The summed E-state index contributed by atoms with van der Waals surface area (Å²) >= 11 is 1.25. The van der Waals surface area contributed by atoms with Gasteiger partial charge in [0.25, 0.3) is 0 Å². The van der Waals surface area contributed by atoms with Gasteiger partial charge < -0.3 is 9.88 Å². The van der Waals surface area contributed by atoms with Crippen LogP contribution in [0.1, 0.15) is 12.5 Å². The number of thioether (sulfide) groups is 1. The van der Waals surface area contributed by atoms with Crippen molar-refractivity contribution in [1.82, 2.24) is 25.4 Å². The lowest BCUT2D eigenvalue weighted by atomic mass is 10.1. The molecule has 23 heavy (non-hydrogen) atoms. The van der Waals surface area contributed by atoms with E-state index < -0.39 is 11.3 Å². The molecular formula is C15H19N5O2S. The van der Waals surface area contributed by atoms with Crippen LogP contribution in [0.15, 0.2) is 29.4 Å². The minimum absolute atomic E-state index is 0.380. The van der Waals surface area contributed by atoms with Crippen LogP contribution in [0, 0.1) is 6.92 Å². The van der Waals surface area contributed by atoms with E-state index >= 15 is 0 Å². The fraction of sp³-hybridized carbons (Fsp3) is 0.333. The summed E-state index contributed by atoms with van der Waals surface area (Å²) in [4.78, 5) is 23.1. The van der Waals surface area contributed by atoms with Gasteiger partial charge in [0.05, 0.1) is 5.25 Å². The average molecular weight is 333 g/mol. The largest absolute Gasteiger partial charge is 0.341 e. The SMILES string of the molecule is CNC(=O)NC(=O)C(C)Sc1nnc(-c2cccc(C)c2)n1C. The third-order valence-corrected chi connectivity index (χ3v) is 4.36. The van der Waals surface area contributed by atoms with Gasteiger partial charge in [-0.3, -0.25) is 10.1 Å². The van der Waals surface area contributed by atoms with E-state index in [1.807, 2.05) is 42.8 Å². The molecule has 1 aromatic heterocycles. The van der Waals surface area contributed by atoms with Gasteiger partial charge in [-0.1, -0.05) is 35.5 Å². The van der Waals surface area contributed by atoms with E-state index in [4.69, 9.17) is 0 Å². The van der Waals surface area contributed by atoms with Crippen LogP contribution in [0.5, 0.6) is 0 Å². The highest BCUT2D eigenvalue weighted by molar-refractivity contribution is 8.00. The molecule has 2 aromatic rings. The van der Waals surface area contributed by atoms with Crippen molar-refractivity contribution in [2.75, 3.05) is 7.05 Å². The molecule has 0 aliphatic rings. The summed E-state index contributed by atoms with van der Waals surface area (Å²) in [5.74, 6) is 0.351. The van der Waals surface area contributed by atoms with Gasteiger partial charge in [-0.2, -0.15) is 0 Å². The molecule has 2 N–H and O–H groups in total. The molecule has 1 aromatic carbocycles. The fourth-order valence-electron chi connectivity index (χ4n) is 1.94. The Morgan fingerprint density at radius 2 is 2.04 bits per heavy atom. The van der Waals surface area contributed by atoms with Crippen molar-refractivity contribution < 1.29 is 9.59 Å². The van der Waals surface area contributed by atoms with E-state index in [0.29, 0.717) is 5.16 Å². The highest BCUT2D eigenvalue weighted by atomic mass is 32.2. The predicted molar refractivity (Wildman–Crippen MR) is 89.1 cm³/mol. The molecule has 7 nitrogen and oxygen atoms in total. The van der Waals surface area contributed by atoms with Gasteiger partial charge in [-0.05, 0) is 19.9 Å². The normalized spacial score (nSPS) is 11.8. The van der Waals surface area contributed by atoms with Crippen molar-refractivity contribution in [3.63, 3.8) is 0 Å². The van der Waals surface area contributed by atoms with Crippen LogP contribution in [-0.4, -0.2) is 39.0 Å². The van der Waals surface area contributed by atoms with Gasteiger partial charge in [0.2, 0.25) is 5.91 Å². The minimum atomic E-state index is -0.527. The Bertz CT molecular complexity index is 728. The first-order chi connectivity index (χ1) is 10.9. The summed E-state index contributed by atoms with van der Waals surface area (Å²) in [5, 5.41) is 13.1. The molecule has 0 aliphatic heterocycles. The van der Waals surface area contributed by atoms with E-state index in [0.717, 1.165) is 17.0 Å². The number of imide groups is 1. The fourth-order valence-corrected chi connectivity index (χ4v) is 2.76. The van der Waals surface area contributed by atoms with Crippen molar-refractivity contribution in [3.05, 3.63) is 29.8 Å². The van der Waals surface area contributed by atoms with Gasteiger partial charge in [0, 0.05) is 19.7 Å². The highest BCUT2D eigenvalue weighted by Crippen LogP contribution is 2.26. The molecule has 0 aliphatic carbocycles. The van der Waals surface area contributed by atoms with Crippen molar-refractivity contribution in [2.24, 2.45) is 7.05 Å². The van der Waals surface area contributed by atoms with E-state index in [9.17, 15) is 9.59 Å². The topological polar surface area (TPSA) is 88.9 Å². The number of carbonyl (C=O) groups is 2. The second-order valence-electron chi connectivity index (χ2n) is 5.06. The summed E-state index contributed by atoms with van der Waals surface area (Å²) in [6.07, 6.45) is 0. The summed E-state index contributed by atoms with van der Waals surface area (Å²) in [7, 11) is 3.31. The first-order valence-corrected chi connectivity index (χ1v) is 7.96. The number of rotatable bonds is 4. The molecule has 1 atom stereocenters. The number of nitrogens with zero attached hydrogens (tertiary/aromatic N) is 3. The highest BCUT2D eigenvalue weighted by Gasteiger charge is 2.20. The van der Waals surface area contributed by atoms with Crippen molar-refractivity contribution >= 4 is 23.7 Å². The smallest absolute Gasteiger partial charge is 0.321 e. The Labute approximate surface area is 138 Å². The van der Waals surface area contributed by atoms with Gasteiger partial charge in [-0.15, -0.1) is 10.2 Å². The van der Waals surface area contributed by atoms with E-state index in [1.54, 1.807) is 6.92 Å². The Morgan fingerprint density at radius 3 is 2.70 bits per heavy atom. The molecular weight excluding hydrogens is 314 g/mol. The predicted octanol–water partition coefficient (Wildman–Crippen LogP) is 1.73. The van der Waals surface area contributed by atoms with Crippen LogP contribution in [0.3, 0.4) is 0 Å². The molecule has 8 heteroatoms. The summed E-state index contributed by atoms with van der Waals surface area (Å²) < 4.78 is 1.84. The van der Waals surface area contributed by atoms with Gasteiger partial charge in [0.1, 0.15) is 0 Å². The average Bonchev–Trinajstić information content (AvgIpc) is 2.88. The molecule has 0 spiro atoms. The first kappa shape index (κ1) is 17.0. The number of amides is 3. The Balaban J connectivity index is 2.13. The molecule has 122 valence electrons. The number of hydrogen-bond acceptors (Lipinski definition) is 5. The van der Waals surface area contributed by atoms with E-state index in [1.165, 1.54) is 18.8 Å². The quantitative estimate of drug-likeness (QED) is 0.832. The maximum Gasteiger partial charge on any atom is 0.321 e. The second kappa shape index (κ2) is 7.28. The van der Waals surface area contributed by atoms with Crippen LogP contribution < -0.4 is 10.6 Å². The molecule has 0 saturated carbocycles. The molecule has 0 bridgehead atoms. The molecule has 1 heterocycles. The van der Waals surface area contributed by atoms with Crippen LogP contribution in [0.25, 0.3) is 11.4 Å². The molecule has 0 radical (unpaired) electrons. The van der Waals surface area contributed by atoms with E-state index in [-0.39, 0.29) is 5.91 Å². The number of nitrogens with one attached hydrogen (secondary N) is 2. The molecule has 0 fully saturated rings. The second-order valence-corrected chi connectivity index (χ2v) is 6.37. The monoisotopic (exact) mass is 333 g/mol. The molecule has 2 rings (SSSR count). The van der Waals surface area contributed by atoms with Crippen LogP contribution in [0.4, 0.5) is 4.79 Å². The Hall–Kier alpha value is -2.35. The lowest BCUT2D eigenvalue weighted by molar-refractivity contribution is -0.119. The minimum Gasteiger partial charge on any atom is -0.341 e. The summed E-state index contributed by atoms with van der Waals surface area (Å²) in [6, 6.07) is 7.44. The maximum absolute atomic E-state index is 11.9. The number of benzene rings is 1. The van der Waals surface area contributed by atoms with Crippen LogP contribution in [0.2, 0.25) is 0 Å². The van der Waals surface area contributed by atoms with Crippen molar-refractivity contribution in [2.45, 2.75) is 24.3 Å². The number of urea groups is 1. The molecule has 1 unspecified atom stereocenters. The van der Waals surface area contributed by atoms with Gasteiger partial charge in [-0.25, -0.2) is 4.79 Å². The zero-order valence-corrected chi connectivity index (χ0v) is 14.3. The number of aromatic nitrogens is 3. The number of hydrogen-bond donors (Lipinski definition) is 2. The third-order valence-electron chi connectivity index (χ3n) is 3.23. The van der Waals surface area contributed by atoms with Crippen LogP contribution in [-0.2, 0) is 11.8 Å². The summed E-state index contributed by atoms with van der Waals surface area (Å²) in [6.45, 7) is 3.73. The first-order valence-electron chi connectivity index (χ1n) is 7.08. The lowest BCUT2D eigenvalue weighted by Gasteiger charge is -2.10.